The molecule has 0 aliphatic carbocycles. The minimum atomic E-state index is 0.120. The Morgan fingerprint density at radius 1 is 1.32 bits per heavy atom. The van der Waals surface area contributed by atoms with E-state index in [1.807, 2.05) is 6.07 Å². The number of amides is 1. The van der Waals surface area contributed by atoms with Crippen LogP contribution in [0.15, 0.2) is 18.2 Å². The van der Waals surface area contributed by atoms with E-state index in [0.717, 1.165) is 30.3 Å². The third kappa shape index (κ3) is 6.24. The highest BCUT2D eigenvalue weighted by Crippen LogP contribution is 2.10. The van der Waals surface area contributed by atoms with Gasteiger partial charge in [0.2, 0.25) is 5.91 Å². The van der Waals surface area contributed by atoms with Gasteiger partial charge in [-0.3, -0.25) is 4.79 Å². The Morgan fingerprint density at radius 2 is 2.05 bits per heavy atom. The molecular formula is C16H24BrNO. The summed E-state index contributed by atoms with van der Waals surface area (Å²) in [7, 11) is 0. The molecule has 3 heteroatoms. The lowest BCUT2D eigenvalue weighted by Crippen LogP contribution is -2.26. The van der Waals surface area contributed by atoms with E-state index in [1.54, 1.807) is 0 Å². The molecular weight excluding hydrogens is 302 g/mol. The molecule has 1 unspecified atom stereocenters. The molecule has 2 nitrogen and oxygen atoms in total. The molecule has 0 fully saturated rings. The second kappa shape index (κ2) is 8.36. The van der Waals surface area contributed by atoms with Gasteiger partial charge in [-0.2, -0.15) is 0 Å². The molecule has 0 saturated heterocycles. The minimum absolute atomic E-state index is 0.120. The standard InChI is InChI=1S/C16H24BrNO/c1-12(11-17)5-4-8-18-16(19)10-15-7-6-13(2)14(3)9-15/h6-7,9,12H,4-5,8,10-11H2,1-3H3,(H,18,19). The van der Waals surface area contributed by atoms with Crippen LogP contribution < -0.4 is 5.32 Å². The van der Waals surface area contributed by atoms with Gasteiger partial charge in [-0.05, 0) is 49.3 Å². The SMILES string of the molecule is Cc1ccc(CC(=O)NCCCC(C)CBr)cc1C. The van der Waals surface area contributed by atoms with Crippen LogP contribution in [0.2, 0.25) is 0 Å². The maximum Gasteiger partial charge on any atom is 0.224 e. The Morgan fingerprint density at radius 3 is 2.68 bits per heavy atom. The predicted octanol–water partition coefficient (Wildman–Crippen LogP) is 3.77. The summed E-state index contributed by atoms with van der Waals surface area (Å²) in [6.45, 7) is 7.16. The molecule has 0 aliphatic rings. The van der Waals surface area contributed by atoms with Crippen LogP contribution >= 0.6 is 15.9 Å². The van der Waals surface area contributed by atoms with Crippen molar-refractivity contribution in [2.45, 2.75) is 40.0 Å². The number of alkyl halides is 1. The largest absolute Gasteiger partial charge is 0.356 e. The Labute approximate surface area is 125 Å². The molecule has 0 bridgehead atoms. The third-order valence-corrected chi connectivity index (χ3v) is 4.50. The van der Waals surface area contributed by atoms with Crippen LogP contribution in [0.25, 0.3) is 0 Å². The lowest BCUT2D eigenvalue weighted by atomic mass is 10.0. The van der Waals surface area contributed by atoms with E-state index in [1.165, 1.54) is 11.1 Å². The first-order chi connectivity index (χ1) is 9.02. The topological polar surface area (TPSA) is 29.1 Å². The van der Waals surface area contributed by atoms with Gasteiger partial charge in [-0.1, -0.05) is 41.1 Å². The number of carbonyl (C=O) groups excluding carboxylic acids is 1. The van der Waals surface area contributed by atoms with Crippen LogP contribution in [0, 0.1) is 19.8 Å². The molecule has 1 N–H and O–H groups in total. The van der Waals surface area contributed by atoms with Crippen LogP contribution in [-0.2, 0) is 11.2 Å². The summed E-state index contributed by atoms with van der Waals surface area (Å²) in [5.74, 6) is 0.798. The number of benzene rings is 1. The normalized spacial score (nSPS) is 12.2. The van der Waals surface area contributed by atoms with Crippen LogP contribution in [0.5, 0.6) is 0 Å². The molecule has 1 aromatic carbocycles. The molecule has 0 saturated carbocycles. The average molecular weight is 326 g/mol. The van der Waals surface area contributed by atoms with Gasteiger partial charge in [0.25, 0.3) is 0 Å². The average Bonchev–Trinajstić information content (AvgIpc) is 2.38. The van der Waals surface area contributed by atoms with Crippen molar-refractivity contribution in [3.05, 3.63) is 34.9 Å². The number of carbonyl (C=O) groups is 1. The van der Waals surface area contributed by atoms with Crippen molar-refractivity contribution in [1.29, 1.82) is 0 Å². The van der Waals surface area contributed by atoms with Crippen molar-refractivity contribution < 1.29 is 4.79 Å². The summed E-state index contributed by atoms with van der Waals surface area (Å²) in [6, 6.07) is 6.21. The molecule has 1 rings (SSSR count). The smallest absolute Gasteiger partial charge is 0.224 e. The predicted molar refractivity (Wildman–Crippen MR) is 84.8 cm³/mol. The maximum atomic E-state index is 11.8. The molecule has 0 aromatic heterocycles. The Balaban J connectivity index is 2.29. The molecule has 1 amide bonds. The van der Waals surface area contributed by atoms with Gasteiger partial charge in [0, 0.05) is 11.9 Å². The fourth-order valence-electron chi connectivity index (χ4n) is 1.92. The van der Waals surface area contributed by atoms with Crippen molar-refractivity contribution in [2.24, 2.45) is 5.92 Å². The molecule has 0 spiro atoms. The fraction of sp³-hybridized carbons (Fsp3) is 0.562. The van der Waals surface area contributed by atoms with Crippen molar-refractivity contribution in [3.8, 4) is 0 Å². The lowest BCUT2D eigenvalue weighted by molar-refractivity contribution is -0.120. The van der Waals surface area contributed by atoms with E-state index in [-0.39, 0.29) is 5.91 Å². The number of hydrogen-bond donors (Lipinski definition) is 1. The van der Waals surface area contributed by atoms with E-state index in [2.05, 4.69) is 54.2 Å². The maximum absolute atomic E-state index is 11.8. The van der Waals surface area contributed by atoms with E-state index >= 15 is 0 Å². The molecule has 0 aliphatic heterocycles. The molecule has 1 atom stereocenters. The molecule has 0 heterocycles. The third-order valence-electron chi connectivity index (χ3n) is 3.40. The lowest BCUT2D eigenvalue weighted by Gasteiger charge is -2.09. The minimum Gasteiger partial charge on any atom is -0.356 e. The second-order valence-electron chi connectivity index (χ2n) is 5.35. The van der Waals surface area contributed by atoms with Crippen molar-refractivity contribution in [3.63, 3.8) is 0 Å². The highest BCUT2D eigenvalue weighted by molar-refractivity contribution is 9.09. The zero-order valence-electron chi connectivity index (χ0n) is 12.1. The van der Waals surface area contributed by atoms with Gasteiger partial charge in [0.05, 0.1) is 6.42 Å². The van der Waals surface area contributed by atoms with Crippen molar-refractivity contribution in [2.75, 3.05) is 11.9 Å². The van der Waals surface area contributed by atoms with Crippen LogP contribution in [0.4, 0.5) is 0 Å². The Kier molecular flexibility index (Phi) is 7.14. The summed E-state index contributed by atoms with van der Waals surface area (Å²) in [5.41, 5.74) is 3.61. The highest BCUT2D eigenvalue weighted by atomic mass is 79.9. The van der Waals surface area contributed by atoms with Crippen molar-refractivity contribution >= 4 is 21.8 Å². The number of halogens is 1. The Bertz CT molecular complexity index is 417. The zero-order chi connectivity index (χ0) is 14.3. The monoisotopic (exact) mass is 325 g/mol. The summed E-state index contributed by atoms with van der Waals surface area (Å²) in [5, 5.41) is 4.02. The van der Waals surface area contributed by atoms with E-state index in [9.17, 15) is 4.79 Å². The fourth-order valence-corrected chi connectivity index (χ4v) is 2.24. The van der Waals surface area contributed by atoms with Gasteiger partial charge < -0.3 is 5.32 Å². The number of rotatable bonds is 7. The highest BCUT2D eigenvalue weighted by Gasteiger charge is 2.05. The van der Waals surface area contributed by atoms with Gasteiger partial charge in [0.15, 0.2) is 0 Å². The van der Waals surface area contributed by atoms with Gasteiger partial charge in [-0.25, -0.2) is 0 Å². The molecule has 1 aromatic rings. The van der Waals surface area contributed by atoms with E-state index in [4.69, 9.17) is 0 Å². The van der Waals surface area contributed by atoms with Crippen LogP contribution in [0.1, 0.15) is 36.5 Å². The van der Waals surface area contributed by atoms with Gasteiger partial charge in [-0.15, -0.1) is 0 Å². The first-order valence-corrected chi connectivity index (χ1v) is 8.04. The zero-order valence-corrected chi connectivity index (χ0v) is 13.7. The summed E-state index contributed by atoms with van der Waals surface area (Å²) in [6.07, 6.45) is 2.68. The molecule has 19 heavy (non-hydrogen) atoms. The number of hydrogen-bond acceptors (Lipinski definition) is 1. The van der Waals surface area contributed by atoms with Crippen LogP contribution in [0.3, 0.4) is 0 Å². The van der Waals surface area contributed by atoms with Crippen LogP contribution in [-0.4, -0.2) is 17.8 Å². The summed E-state index contributed by atoms with van der Waals surface area (Å²) >= 11 is 3.47. The van der Waals surface area contributed by atoms with Gasteiger partial charge in [0.1, 0.15) is 0 Å². The van der Waals surface area contributed by atoms with Crippen molar-refractivity contribution in [1.82, 2.24) is 5.32 Å². The van der Waals surface area contributed by atoms with E-state index < -0.39 is 0 Å². The Hall–Kier alpha value is -0.830. The first kappa shape index (κ1) is 16.2. The number of aryl methyl sites for hydroxylation is 2. The quantitative estimate of drug-likeness (QED) is 0.600. The summed E-state index contributed by atoms with van der Waals surface area (Å²) in [4.78, 5) is 11.8. The van der Waals surface area contributed by atoms with Gasteiger partial charge >= 0.3 is 0 Å². The molecule has 106 valence electrons. The summed E-state index contributed by atoms with van der Waals surface area (Å²) < 4.78 is 0. The molecule has 0 radical (unpaired) electrons. The second-order valence-corrected chi connectivity index (χ2v) is 5.99. The first-order valence-electron chi connectivity index (χ1n) is 6.91. The number of nitrogens with one attached hydrogen (secondary N) is 1. The van der Waals surface area contributed by atoms with E-state index in [0.29, 0.717) is 12.3 Å².